The zero-order chi connectivity index (χ0) is 9.23. The molecule has 1 atom stereocenters. The van der Waals surface area contributed by atoms with Gasteiger partial charge < -0.3 is 5.11 Å². The molecule has 1 N–H and O–H groups in total. The third-order valence-electron chi connectivity index (χ3n) is 1.90. The third kappa shape index (κ3) is 6.08. The van der Waals surface area contributed by atoms with E-state index in [0.29, 0.717) is 0 Å². The zero-order valence-electron chi connectivity index (χ0n) is 7.62. The predicted molar refractivity (Wildman–Crippen MR) is 47.8 cm³/mol. The van der Waals surface area contributed by atoms with Gasteiger partial charge in [-0.15, -0.1) is 0 Å². The largest absolute Gasteiger partial charge is 0.396 e. The van der Waals surface area contributed by atoms with Crippen LogP contribution in [0.15, 0.2) is 4.99 Å². The van der Waals surface area contributed by atoms with Crippen molar-refractivity contribution in [2.24, 2.45) is 4.99 Å². The average molecular weight is 171 g/mol. The van der Waals surface area contributed by atoms with Gasteiger partial charge in [-0.25, -0.2) is 9.79 Å². The standard InChI is InChI=1S/C9H17NO2/c1-2-9(10-8-12)6-4-3-5-7-11/h9,11H,2-7H2,1H3. The van der Waals surface area contributed by atoms with Gasteiger partial charge in [0.1, 0.15) is 0 Å². The van der Waals surface area contributed by atoms with Crippen LogP contribution < -0.4 is 0 Å². The van der Waals surface area contributed by atoms with E-state index in [4.69, 9.17) is 5.11 Å². The molecule has 0 heterocycles. The lowest BCUT2D eigenvalue weighted by atomic mass is 10.1. The van der Waals surface area contributed by atoms with Crippen molar-refractivity contribution >= 4 is 6.08 Å². The fraction of sp³-hybridized carbons (Fsp3) is 0.889. The van der Waals surface area contributed by atoms with E-state index >= 15 is 0 Å². The first-order valence-corrected chi connectivity index (χ1v) is 4.53. The number of hydrogen-bond donors (Lipinski definition) is 1. The summed E-state index contributed by atoms with van der Waals surface area (Å²) in [4.78, 5) is 13.6. The highest BCUT2D eigenvalue weighted by Gasteiger charge is 2.02. The number of hydrogen-bond acceptors (Lipinski definition) is 3. The normalized spacial score (nSPS) is 12.2. The second-order valence-electron chi connectivity index (χ2n) is 2.86. The maximum atomic E-state index is 9.93. The van der Waals surface area contributed by atoms with Crippen LogP contribution in [-0.2, 0) is 4.79 Å². The summed E-state index contributed by atoms with van der Waals surface area (Å²) in [6.07, 6.45) is 6.31. The van der Waals surface area contributed by atoms with E-state index in [9.17, 15) is 4.79 Å². The Morgan fingerprint density at radius 3 is 2.67 bits per heavy atom. The number of aliphatic imine (C=N–C) groups is 1. The van der Waals surface area contributed by atoms with Crippen molar-refractivity contribution in [2.45, 2.75) is 45.1 Å². The van der Waals surface area contributed by atoms with E-state index in [1.807, 2.05) is 6.92 Å². The van der Waals surface area contributed by atoms with Gasteiger partial charge in [0.2, 0.25) is 6.08 Å². The molecule has 0 radical (unpaired) electrons. The van der Waals surface area contributed by atoms with Crippen molar-refractivity contribution in [2.75, 3.05) is 6.61 Å². The Balaban J connectivity index is 3.38. The number of isocyanates is 1. The number of aliphatic hydroxyl groups is 1. The molecule has 0 fully saturated rings. The lowest BCUT2D eigenvalue weighted by Crippen LogP contribution is -2.01. The number of aliphatic hydroxyl groups excluding tert-OH is 1. The Kier molecular flexibility index (Phi) is 7.97. The summed E-state index contributed by atoms with van der Waals surface area (Å²) in [6, 6.07) is 0.140. The summed E-state index contributed by atoms with van der Waals surface area (Å²) >= 11 is 0. The smallest absolute Gasteiger partial charge is 0.235 e. The lowest BCUT2D eigenvalue weighted by molar-refractivity contribution is 0.281. The van der Waals surface area contributed by atoms with Gasteiger partial charge in [-0.05, 0) is 19.3 Å². The number of unbranched alkanes of at least 4 members (excludes halogenated alkanes) is 2. The quantitative estimate of drug-likeness (QED) is 0.360. The maximum absolute atomic E-state index is 9.93. The highest BCUT2D eigenvalue weighted by Crippen LogP contribution is 2.08. The number of rotatable bonds is 7. The molecule has 1 unspecified atom stereocenters. The number of nitrogens with zero attached hydrogens (tertiary/aromatic N) is 1. The van der Waals surface area contributed by atoms with Crippen LogP contribution in [0.25, 0.3) is 0 Å². The summed E-state index contributed by atoms with van der Waals surface area (Å²) in [5.41, 5.74) is 0. The lowest BCUT2D eigenvalue weighted by Gasteiger charge is -2.05. The van der Waals surface area contributed by atoms with E-state index in [2.05, 4.69) is 4.99 Å². The van der Waals surface area contributed by atoms with E-state index in [1.54, 1.807) is 6.08 Å². The predicted octanol–water partition coefficient (Wildman–Crippen LogP) is 1.65. The molecular weight excluding hydrogens is 154 g/mol. The molecule has 3 nitrogen and oxygen atoms in total. The molecule has 0 aliphatic rings. The molecule has 0 aromatic carbocycles. The molecule has 0 aliphatic carbocycles. The van der Waals surface area contributed by atoms with Gasteiger partial charge in [0.15, 0.2) is 0 Å². The minimum absolute atomic E-state index is 0.140. The van der Waals surface area contributed by atoms with Gasteiger partial charge in [-0.1, -0.05) is 19.8 Å². The SMILES string of the molecule is CCC(CCCCCO)N=C=O. The van der Waals surface area contributed by atoms with Crippen LogP contribution in [0, 0.1) is 0 Å². The van der Waals surface area contributed by atoms with Crippen LogP contribution in [-0.4, -0.2) is 23.8 Å². The maximum Gasteiger partial charge on any atom is 0.235 e. The molecule has 0 aromatic heterocycles. The molecule has 12 heavy (non-hydrogen) atoms. The van der Waals surface area contributed by atoms with Crippen LogP contribution in [0.4, 0.5) is 0 Å². The molecule has 0 aliphatic heterocycles. The van der Waals surface area contributed by atoms with E-state index in [-0.39, 0.29) is 12.6 Å². The Labute approximate surface area is 73.5 Å². The number of carbonyl (C=O) groups excluding carboxylic acids is 1. The van der Waals surface area contributed by atoms with Crippen LogP contribution >= 0.6 is 0 Å². The van der Waals surface area contributed by atoms with Gasteiger partial charge in [-0.3, -0.25) is 0 Å². The summed E-state index contributed by atoms with van der Waals surface area (Å²) in [6.45, 7) is 2.27. The monoisotopic (exact) mass is 171 g/mol. The molecule has 0 rings (SSSR count). The minimum atomic E-state index is 0.140. The van der Waals surface area contributed by atoms with Gasteiger partial charge in [0.25, 0.3) is 0 Å². The third-order valence-corrected chi connectivity index (χ3v) is 1.90. The molecule has 0 amide bonds. The van der Waals surface area contributed by atoms with Crippen LogP contribution in [0.2, 0.25) is 0 Å². The molecule has 70 valence electrons. The zero-order valence-corrected chi connectivity index (χ0v) is 7.62. The first-order chi connectivity index (χ1) is 5.85. The molecule has 0 bridgehead atoms. The van der Waals surface area contributed by atoms with Crippen molar-refractivity contribution < 1.29 is 9.90 Å². The first kappa shape index (κ1) is 11.3. The van der Waals surface area contributed by atoms with E-state index in [1.165, 1.54) is 0 Å². The second kappa shape index (κ2) is 8.44. The fourth-order valence-electron chi connectivity index (χ4n) is 1.10. The Morgan fingerprint density at radius 2 is 2.17 bits per heavy atom. The van der Waals surface area contributed by atoms with Gasteiger partial charge >= 0.3 is 0 Å². The Morgan fingerprint density at radius 1 is 1.42 bits per heavy atom. The summed E-state index contributed by atoms with van der Waals surface area (Å²) < 4.78 is 0. The highest BCUT2D eigenvalue weighted by atomic mass is 16.2. The van der Waals surface area contributed by atoms with Crippen molar-refractivity contribution in [3.8, 4) is 0 Å². The first-order valence-electron chi connectivity index (χ1n) is 4.53. The summed E-state index contributed by atoms with van der Waals surface area (Å²) in [7, 11) is 0. The summed E-state index contributed by atoms with van der Waals surface area (Å²) in [5, 5.41) is 8.51. The van der Waals surface area contributed by atoms with Gasteiger partial charge in [0.05, 0.1) is 6.04 Å². The minimum Gasteiger partial charge on any atom is -0.396 e. The second-order valence-corrected chi connectivity index (χ2v) is 2.86. The topological polar surface area (TPSA) is 49.7 Å². The van der Waals surface area contributed by atoms with Crippen molar-refractivity contribution in [1.29, 1.82) is 0 Å². The fourth-order valence-corrected chi connectivity index (χ4v) is 1.10. The van der Waals surface area contributed by atoms with Crippen LogP contribution in [0.3, 0.4) is 0 Å². The average Bonchev–Trinajstić information content (AvgIpc) is 2.10. The molecular formula is C9H17NO2. The molecule has 0 aromatic rings. The van der Waals surface area contributed by atoms with Gasteiger partial charge in [0, 0.05) is 6.61 Å². The van der Waals surface area contributed by atoms with Gasteiger partial charge in [-0.2, -0.15) is 0 Å². The Hall–Kier alpha value is -0.660. The van der Waals surface area contributed by atoms with Crippen LogP contribution in [0.1, 0.15) is 39.0 Å². The Bertz CT molecular complexity index is 141. The molecule has 0 spiro atoms. The van der Waals surface area contributed by atoms with Crippen molar-refractivity contribution in [1.82, 2.24) is 0 Å². The van der Waals surface area contributed by atoms with Crippen molar-refractivity contribution in [3.05, 3.63) is 0 Å². The summed E-state index contributed by atoms with van der Waals surface area (Å²) in [5.74, 6) is 0. The van der Waals surface area contributed by atoms with E-state index in [0.717, 1.165) is 32.1 Å². The van der Waals surface area contributed by atoms with E-state index < -0.39 is 0 Å². The molecule has 0 saturated heterocycles. The highest BCUT2D eigenvalue weighted by molar-refractivity contribution is 5.33. The molecule has 0 saturated carbocycles. The van der Waals surface area contributed by atoms with Crippen molar-refractivity contribution in [3.63, 3.8) is 0 Å². The van der Waals surface area contributed by atoms with Crippen LogP contribution in [0.5, 0.6) is 0 Å². The molecule has 3 heteroatoms.